The van der Waals surface area contributed by atoms with Gasteiger partial charge in [0.15, 0.2) is 0 Å². The number of amides is 2. The molecule has 0 aliphatic carbocycles. The van der Waals surface area contributed by atoms with Crippen LogP contribution >= 0.6 is 0 Å². The molecule has 23 heavy (non-hydrogen) atoms. The minimum absolute atomic E-state index is 0.0369. The predicted octanol–water partition coefficient (Wildman–Crippen LogP) is 0.285. The van der Waals surface area contributed by atoms with Gasteiger partial charge in [-0.15, -0.1) is 0 Å². The van der Waals surface area contributed by atoms with E-state index in [1.807, 2.05) is 6.92 Å². The van der Waals surface area contributed by atoms with Gasteiger partial charge in [0.25, 0.3) is 21.8 Å². The molecule has 0 radical (unpaired) electrons. The summed E-state index contributed by atoms with van der Waals surface area (Å²) in [4.78, 5) is 26.4. The number of piperazine rings is 1. The van der Waals surface area contributed by atoms with Crippen LogP contribution in [0.15, 0.2) is 23.1 Å². The summed E-state index contributed by atoms with van der Waals surface area (Å²) in [5, 5.41) is 3.20. The van der Waals surface area contributed by atoms with Gasteiger partial charge in [0, 0.05) is 37.8 Å². The van der Waals surface area contributed by atoms with Crippen molar-refractivity contribution in [1.29, 1.82) is 0 Å². The molecule has 0 spiro atoms. The van der Waals surface area contributed by atoms with Gasteiger partial charge in [-0.05, 0) is 32.0 Å². The van der Waals surface area contributed by atoms with Crippen LogP contribution < -0.4 is 5.32 Å². The first-order valence-corrected chi connectivity index (χ1v) is 9.04. The molecule has 124 valence electrons. The molecule has 2 aliphatic rings. The average Bonchev–Trinajstić information content (AvgIpc) is 2.73. The molecule has 2 aliphatic heterocycles. The number of hydrogen-bond donors (Lipinski definition) is 1. The maximum Gasteiger partial charge on any atom is 0.268 e. The number of fused-ring (bicyclic) bond motifs is 1. The Kier molecular flexibility index (Phi) is 3.89. The van der Waals surface area contributed by atoms with Crippen LogP contribution in [0, 0.1) is 0 Å². The second-order valence-corrected chi connectivity index (χ2v) is 7.57. The zero-order valence-electron chi connectivity index (χ0n) is 13.1. The average molecular weight is 337 g/mol. The first kappa shape index (κ1) is 15.9. The SMILES string of the molecule is CCN1C(=O)c2ccc(C(=O)N3CCNCC3C)cc2S1(=O)=O. The van der Waals surface area contributed by atoms with E-state index in [4.69, 9.17) is 0 Å². The maximum absolute atomic E-state index is 12.7. The van der Waals surface area contributed by atoms with Crippen molar-refractivity contribution in [2.75, 3.05) is 26.2 Å². The van der Waals surface area contributed by atoms with Crippen LogP contribution in [0.3, 0.4) is 0 Å². The molecule has 1 N–H and O–H groups in total. The summed E-state index contributed by atoms with van der Waals surface area (Å²) in [6.45, 7) is 5.61. The van der Waals surface area contributed by atoms with Crippen molar-refractivity contribution in [3.05, 3.63) is 29.3 Å². The Hall–Kier alpha value is -1.93. The Morgan fingerprint density at radius 3 is 2.78 bits per heavy atom. The molecule has 0 saturated carbocycles. The molecule has 1 atom stereocenters. The van der Waals surface area contributed by atoms with Gasteiger partial charge in [-0.2, -0.15) is 0 Å². The number of carbonyl (C=O) groups excluding carboxylic acids is 2. The maximum atomic E-state index is 12.7. The highest BCUT2D eigenvalue weighted by Gasteiger charge is 2.40. The van der Waals surface area contributed by atoms with Crippen LogP contribution in [0.25, 0.3) is 0 Å². The topological polar surface area (TPSA) is 86.8 Å². The molecular weight excluding hydrogens is 318 g/mol. The van der Waals surface area contributed by atoms with Gasteiger partial charge >= 0.3 is 0 Å². The van der Waals surface area contributed by atoms with Gasteiger partial charge in [0.2, 0.25) is 0 Å². The molecule has 1 saturated heterocycles. The summed E-state index contributed by atoms with van der Waals surface area (Å²) in [7, 11) is -3.85. The van der Waals surface area contributed by atoms with E-state index < -0.39 is 15.9 Å². The van der Waals surface area contributed by atoms with Crippen molar-refractivity contribution in [2.24, 2.45) is 0 Å². The quantitative estimate of drug-likeness (QED) is 0.838. The third-order valence-corrected chi connectivity index (χ3v) is 6.20. The highest BCUT2D eigenvalue weighted by Crippen LogP contribution is 2.31. The van der Waals surface area contributed by atoms with E-state index in [2.05, 4.69) is 5.32 Å². The van der Waals surface area contributed by atoms with E-state index in [1.165, 1.54) is 18.2 Å². The minimum Gasteiger partial charge on any atom is -0.333 e. The van der Waals surface area contributed by atoms with Gasteiger partial charge < -0.3 is 10.2 Å². The van der Waals surface area contributed by atoms with E-state index in [-0.39, 0.29) is 29.0 Å². The molecule has 0 bridgehead atoms. The van der Waals surface area contributed by atoms with Gasteiger partial charge in [0.05, 0.1) is 5.56 Å². The van der Waals surface area contributed by atoms with Crippen LogP contribution in [-0.2, 0) is 10.0 Å². The summed E-state index contributed by atoms with van der Waals surface area (Å²) in [5.74, 6) is -0.739. The summed E-state index contributed by atoms with van der Waals surface area (Å²) < 4.78 is 25.7. The lowest BCUT2D eigenvalue weighted by molar-refractivity contribution is 0.0655. The molecular formula is C15H19N3O4S. The number of benzene rings is 1. The molecule has 1 aromatic carbocycles. The van der Waals surface area contributed by atoms with Gasteiger partial charge in [-0.1, -0.05) is 0 Å². The number of nitrogens with one attached hydrogen (secondary N) is 1. The fourth-order valence-electron chi connectivity index (χ4n) is 3.03. The largest absolute Gasteiger partial charge is 0.333 e. The van der Waals surface area contributed by atoms with E-state index in [1.54, 1.807) is 11.8 Å². The smallest absolute Gasteiger partial charge is 0.268 e. The second-order valence-electron chi connectivity index (χ2n) is 5.74. The Balaban J connectivity index is 2.00. The molecule has 2 amide bonds. The van der Waals surface area contributed by atoms with Crippen molar-refractivity contribution in [3.8, 4) is 0 Å². The lowest BCUT2D eigenvalue weighted by Crippen LogP contribution is -2.52. The van der Waals surface area contributed by atoms with Crippen molar-refractivity contribution in [3.63, 3.8) is 0 Å². The summed E-state index contributed by atoms with van der Waals surface area (Å²) in [6.07, 6.45) is 0. The molecule has 8 heteroatoms. The normalized spacial score (nSPS) is 23.0. The van der Waals surface area contributed by atoms with E-state index in [0.29, 0.717) is 25.2 Å². The molecule has 1 aromatic rings. The van der Waals surface area contributed by atoms with E-state index >= 15 is 0 Å². The van der Waals surface area contributed by atoms with Gasteiger partial charge in [-0.3, -0.25) is 9.59 Å². The molecule has 1 unspecified atom stereocenters. The van der Waals surface area contributed by atoms with Crippen molar-refractivity contribution in [1.82, 2.24) is 14.5 Å². The third-order valence-electron chi connectivity index (χ3n) is 4.30. The highest BCUT2D eigenvalue weighted by molar-refractivity contribution is 7.90. The molecule has 2 heterocycles. The fraction of sp³-hybridized carbons (Fsp3) is 0.467. The Morgan fingerprint density at radius 1 is 1.39 bits per heavy atom. The first-order valence-electron chi connectivity index (χ1n) is 7.60. The molecule has 7 nitrogen and oxygen atoms in total. The monoisotopic (exact) mass is 337 g/mol. The van der Waals surface area contributed by atoms with Gasteiger partial charge in [-0.25, -0.2) is 12.7 Å². The zero-order chi connectivity index (χ0) is 16.8. The minimum atomic E-state index is -3.85. The Labute approximate surface area is 135 Å². The third kappa shape index (κ3) is 2.42. The number of hydrogen-bond acceptors (Lipinski definition) is 5. The van der Waals surface area contributed by atoms with Crippen molar-refractivity contribution in [2.45, 2.75) is 24.8 Å². The number of sulfonamides is 1. The number of nitrogens with zero attached hydrogens (tertiary/aromatic N) is 2. The second kappa shape index (κ2) is 5.61. The highest BCUT2D eigenvalue weighted by atomic mass is 32.2. The first-order chi connectivity index (χ1) is 10.9. The summed E-state index contributed by atoms with van der Waals surface area (Å²) in [6, 6.07) is 4.33. The van der Waals surface area contributed by atoms with Crippen molar-refractivity contribution < 1.29 is 18.0 Å². The lowest BCUT2D eigenvalue weighted by Gasteiger charge is -2.34. The summed E-state index contributed by atoms with van der Waals surface area (Å²) >= 11 is 0. The van der Waals surface area contributed by atoms with Crippen LogP contribution in [0.2, 0.25) is 0 Å². The van der Waals surface area contributed by atoms with E-state index in [9.17, 15) is 18.0 Å². The summed E-state index contributed by atoms with van der Waals surface area (Å²) in [5.41, 5.74) is 0.434. The zero-order valence-corrected chi connectivity index (χ0v) is 13.9. The molecule has 3 rings (SSSR count). The lowest BCUT2D eigenvalue weighted by atomic mass is 10.1. The van der Waals surface area contributed by atoms with Crippen LogP contribution in [-0.4, -0.2) is 61.7 Å². The number of rotatable bonds is 2. The molecule has 0 aromatic heterocycles. The van der Waals surface area contributed by atoms with Gasteiger partial charge in [0.1, 0.15) is 4.90 Å². The predicted molar refractivity (Wildman–Crippen MR) is 83.7 cm³/mol. The number of carbonyl (C=O) groups is 2. The molecule has 1 fully saturated rings. The van der Waals surface area contributed by atoms with Crippen molar-refractivity contribution >= 4 is 21.8 Å². The Bertz CT molecular complexity index is 775. The van der Waals surface area contributed by atoms with Crippen LogP contribution in [0.4, 0.5) is 0 Å². The van der Waals surface area contributed by atoms with E-state index in [0.717, 1.165) is 4.31 Å². The van der Waals surface area contributed by atoms with Crippen LogP contribution in [0.1, 0.15) is 34.6 Å². The fourth-order valence-corrected chi connectivity index (χ4v) is 4.63. The Morgan fingerprint density at radius 2 is 2.13 bits per heavy atom. The van der Waals surface area contributed by atoms with Crippen LogP contribution in [0.5, 0.6) is 0 Å². The standard InChI is InChI=1S/C15H19N3O4S/c1-3-18-15(20)12-5-4-11(8-13(12)23(18,21)22)14(19)17-7-6-16-9-10(17)2/h4-5,8,10,16H,3,6-7,9H2,1-2H3.